The van der Waals surface area contributed by atoms with Crippen molar-refractivity contribution in [2.75, 3.05) is 13.9 Å². The monoisotopic (exact) mass is 441 g/mol. The van der Waals surface area contributed by atoms with Crippen LogP contribution in [0, 0.1) is 6.92 Å². The van der Waals surface area contributed by atoms with Crippen LogP contribution < -0.4 is 20.7 Å². The van der Waals surface area contributed by atoms with Crippen molar-refractivity contribution in [3.8, 4) is 38.9 Å². The topological polar surface area (TPSA) is 146 Å². The van der Waals surface area contributed by atoms with E-state index in [2.05, 4.69) is 15.0 Å². The van der Waals surface area contributed by atoms with Gasteiger partial charge in [-0.25, -0.2) is 9.59 Å². The van der Waals surface area contributed by atoms with Gasteiger partial charge in [-0.15, -0.1) is 11.3 Å². The molecule has 3 aromatic heterocycles. The standard InChI is InChI=1S/C20H15N3O7S/c1-7-11(19(26)28-2)15(24)16(31-7)12-13-17(22-20(27)23-18(13)25)21-14(12)8-3-4-9-10(5-8)30-6-29-9/h3-5,24H,6H2,1-2H3,(H3,21,22,23,25,27). The lowest BCUT2D eigenvalue weighted by Crippen LogP contribution is -2.21. The molecule has 0 bridgehead atoms. The number of fused-ring (bicyclic) bond motifs is 2. The minimum Gasteiger partial charge on any atom is -0.505 e. The van der Waals surface area contributed by atoms with E-state index in [9.17, 15) is 19.5 Å². The number of aromatic nitrogens is 3. The number of carbonyl (C=O) groups is 1. The summed E-state index contributed by atoms with van der Waals surface area (Å²) in [4.78, 5) is 45.3. The number of benzene rings is 1. The molecule has 4 heterocycles. The second-order valence-corrected chi connectivity index (χ2v) is 8.03. The zero-order valence-corrected chi connectivity index (χ0v) is 17.1. The van der Waals surface area contributed by atoms with E-state index in [0.29, 0.717) is 33.2 Å². The van der Waals surface area contributed by atoms with E-state index in [4.69, 9.17) is 14.2 Å². The number of hydrogen-bond donors (Lipinski definition) is 4. The molecule has 0 atom stereocenters. The first-order chi connectivity index (χ1) is 14.9. The summed E-state index contributed by atoms with van der Waals surface area (Å²) in [5, 5.41) is 11.0. The van der Waals surface area contributed by atoms with Crippen molar-refractivity contribution in [3.63, 3.8) is 0 Å². The Morgan fingerprint density at radius 1 is 1.16 bits per heavy atom. The molecule has 11 heteroatoms. The van der Waals surface area contributed by atoms with Gasteiger partial charge in [-0.05, 0) is 25.1 Å². The van der Waals surface area contributed by atoms with E-state index in [1.165, 1.54) is 7.11 Å². The Morgan fingerprint density at radius 2 is 1.94 bits per heavy atom. The Labute approximate surface area is 177 Å². The van der Waals surface area contributed by atoms with Crippen molar-refractivity contribution < 1.29 is 24.1 Å². The molecule has 1 aromatic carbocycles. The van der Waals surface area contributed by atoms with Gasteiger partial charge in [0.05, 0.1) is 23.1 Å². The SMILES string of the molecule is COC(=O)c1c(C)sc(-c2c(-c3ccc4c(c3)OCO4)[nH]c3[nH]c(=O)[nH]c(=O)c23)c1O. The number of rotatable bonds is 3. The minimum absolute atomic E-state index is 0.0225. The number of hydrogen-bond acceptors (Lipinski definition) is 8. The van der Waals surface area contributed by atoms with Gasteiger partial charge in [-0.1, -0.05) is 0 Å². The van der Waals surface area contributed by atoms with E-state index in [1.54, 1.807) is 25.1 Å². The van der Waals surface area contributed by atoms with Crippen LogP contribution in [-0.4, -0.2) is 39.9 Å². The predicted octanol–water partition coefficient (Wildman–Crippen LogP) is 2.47. The van der Waals surface area contributed by atoms with Crippen molar-refractivity contribution in [1.29, 1.82) is 0 Å². The molecule has 0 radical (unpaired) electrons. The average molecular weight is 441 g/mol. The maximum absolute atomic E-state index is 12.7. The second kappa shape index (κ2) is 6.77. The fourth-order valence-electron chi connectivity index (χ4n) is 3.67. The van der Waals surface area contributed by atoms with Crippen LogP contribution in [0.4, 0.5) is 0 Å². The molecular formula is C20H15N3O7S. The van der Waals surface area contributed by atoms with Crippen LogP contribution >= 0.6 is 11.3 Å². The maximum atomic E-state index is 12.7. The number of aryl methyl sites for hydroxylation is 1. The first kappa shape index (κ1) is 19.0. The van der Waals surface area contributed by atoms with Crippen LogP contribution in [0.25, 0.3) is 32.7 Å². The number of nitrogens with one attached hydrogen (secondary N) is 3. The summed E-state index contributed by atoms with van der Waals surface area (Å²) in [5.41, 5.74) is 0.309. The van der Waals surface area contributed by atoms with Gasteiger partial charge >= 0.3 is 11.7 Å². The van der Waals surface area contributed by atoms with Crippen LogP contribution in [0.1, 0.15) is 15.2 Å². The molecule has 31 heavy (non-hydrogen) atoms. The normalized spacial score (nSPS) is 12.5. The summed E-state index contributed by atoms with van der Waals surface area (Å²) < 4.78 is 15.6. The van der Waals surface area contributed by atoms with Crippen molar-refractivity contribution in [2.24, 2.45) is 0 Å². The van der Waals surface area contributed by atoms with Gasteiger partial charge in [-0.2, -0.15) is 0 Å². The zero-order chi connectivity index (χ0) is 21.9. The lowest BCUT2D eigenvalue weighted by molar-refractivity contribution is 0.0597. The first-order valence-electron chi connectivity index (χ1n) is 9.08. The number of aromatic hydroxyl groups is 1. The highest BCUT2D eigenvalue weighted by Crippen LogP contribution is 2.48. The van der Waals surface area contributed by atoms with E-state index < -0.39 is 17.2 Å². The smallest absolute Gasteiger partial charge is 0.342 e. The van der Waals surface area contributed by atoms with Crippen LogP contribution in [-0.2, 0) is 4.74 Å². The third-order valence-corrected chi connectivity index (χ3v) is 6.14. The molecular weight excluding hydrogens is 426 g/mol. The van der Waals surface area contributed by atoms with Gasteiger partial charge in [0.2, 0.25) is 6.79 Å². The van der Waals surface area contributed by atoms with Gasteiger partial charge < -0.3 is 24.3 Å². The Bertz CT molecular complexity index is 1490. The van der Waals surface area contributed by atoms with Crippen molar-refractivity contribution in [2.45, 2.75) is 6.92 Å². The van der Waals surface area contributed by atoms with Gasteiger partial charge in [0.15, 0.2) is 11.5 Å². The van der Waals surface area contributed by atoms with Crippen molar-refractivity contribution >= 4 is 28.3 Å². The number of H-pyrrole nitrogens is 3. The summed E-state index contributed by atoms with van der Waals surface area (Å²) in [6.07, 6.45) is 0. The molecule has 0 amide bonds. The van der Waals surface area contributed by atoms with Crippen LogP contribution in [0.5, 0.6) is 17.2 Å². The molecule has 5 rings (SSSR count). The number of methoxy groups -OCH3 is 1. The predicted molar refractivity (Wildman–Crippen MR) is 112 cm³/mol. The molecule has 0 spiro atoms. The Balaban J connectivity index is 1.86. The highest BCUT2D eigenvalue weighted by Gasteiger charge is 2.28. The van der Waals surface area contributed by atoms with Crippen molar-refractivity contribution in [1.82, 2.24) is 15.0 Å². The molecule has 0 fully saturated rings. The molecule has 1 aliphatic heterocycles. The Morgan fingerprint density at radius 3 is 2.71 bits per heavy atom. The fourth-order valence-corrected chi connectivity index (χ4v) is 4.76. The van der Waals surface area contributed by atoms with Crippen molar-refractivity contribution in [3.05, 3.63) is 49.5 Å². The van der Waals surface area contributed by atoms with Crippen LogP contribution in [0.15, 0.2) is 27.8 Å². The summed E-state index contributed by atoms with van der Waals surface area (Å²) in [6.45, 7) is 1.76. The number of thiophene rings is 1. The molecule has 10 nitrogen and oxygen atoms in total. The molecule has 4 aromatic rings. The fraction of sp³-hybridized carbons (Fsp3) is 0.150. The van der Waals surface area contributed by atoms with Gasteiger partial charge in [0.1, 0.15) is 17.0 Å². The third kappa shape index (κ3) is 2.81. The van der Waals surface area contributed by atoms with E-state index in [0.717, 1.165) is 11.3 Å². The summed E-state index contributed by atoms with van der Waals surface area (Å²) in [7, 11) is 1.22. The molecule has 1 aliphatic rings. The summed E-state index contributed by atoms with van der Waals surface area (Å²) in [5.74, 6) is 0.105. The molecule has 0 saturated carbocycles. The zero-order valence-electron chi connectivity index (χ0n) is 16.2. The van der Waals surface area contributed by atoms with Crippen LogP contribution in [0.2, 0.25) is 0 Å². The number of esters is 1. The molecule has 0 aliphatic carbocycles. The summed E-state index contributed by atoms with van der Waals surface area (Å²) in [6, 6.07) is 5.20. The summed E-state index contributed by atoms with van der Waals surface area (Å²) >= 11 is 1.13. The minimum atomic E-state index is -0.690. The average Bonchev–Trinajstić information content (AvgIpc) is 3.42. The van der Waals surface area contributed by atoms with Gasteiger partial charge in [-0.3, -0.25) is 14.8 Å². The molecule has 0 saturated heterocycles. The van der Waals surface area contributed by atoms with Crippen LogP contribution in [0.3, 0.4) is 0 Å². The molecule has 4 N–H and O–H groups in total. The lowest BCUT2D eigenvalue weighted by atomic mass is 10.0. The number of ether oxygens (including phenoxy) is 3. The number of carbonyl (C=O) groups excluding carboxylic acids is 1. The first-order valence-corrected chi connectivity index (χ1v) is 9.90. The molecule has 0 unspecified atom stereocenters. The van der Waals surface area contributed by atoms with E-state index in [-0.39, 0.29) is 34.0 Å². The maximum Gasteiger partial charge on any atom is 0.342 e. The largest absolute Gasteiger partial charge is 0.505 e. The second-order valence-electron chi connectivity index (χ2n) is 6.80. The van der Waals surface area contributed by atoms with E-state index >= 15 is 0 Å². The quantitative estimate of drug-likeness (QED) is 0.357. The number of aromatic amines is 3. The Kier molecular flexibility index (Phi) is 4.15. The third-order valence-electron chi connectivity index (χ3n) is 5.03. The Hall–Kier alpha value is -3.99. The lowest BCUT2D eigenvalue weighted by Gasteiger charge is -2.06. The highest BCUT2D eigenvalue weighted by molar-refractivity contribution is 7.16. The van der Waals surface area contributed by atoms with Gasteiger partial charge in [0, 0.05) is 16.0 Å². The highest BCUT2D eigenvalue weighted by atomic mass is 32.1. The van der Waals surface area contributed by atoms with E-state index in [1.807, 2.05) is 0 Å². The molecule has 158 valence electrons. The van der Waals surface area contributed by atoms with Gasteiger partial charge in [0.25, 0.3) is 5.56 Å².